The van der Waals surface area contributed by atoms with Gasteiger partial charge in [0, 0.05) is 12.1 Å². The van der Waals surface area contributed by atoms with Crippen LogP contribution in [-0.2, 0) is 11.3 Å². The predicted octanol–water partition coefficient (Wildman–Crippen LogP) is 3.21. The van der Waals surface area contributed by atoms with E-state index in [0.29, 0.717) is 6.54 Å². The first kappa shape index (κ1) is 17.0. The third-order valence-corrected chi connectivity index (χ3v) is 3.37. The second-order valence-electron chi connectivity index (χ2n) is 5.68. The van der Waals surface area contributed by atoms with Crippen molar-refractivity contribution < 1.29 is 14.6 Å². The molecule has 0 heterocycles. The number of ether oxygens (including phenoxy) is 1. The van der Waals surface area contributed by atoms with Crippen molar-refractivity contribution in [3.8, 4) is 5.75 Å². The van der Waals surface area contributed by atoms with E-state index >= 15 is 0 Å². The number of carbonyl (C=O) groups is 1. The Morgan fingerprint density at radius 2 is 1.74 bits per heavy atom. The average molecular weight is 313 g/mol. The zero-order valence-corrected chi connectivity index (χ0v) is 13.5. The summed E-state index contributed by atoms with van der Waals surface area (Å²) in [5.41, 5.74) is 1.66. The van der Waals surface area contributed by atoms with Crippen molar-refractivity contribution in [2.45, 2.75) is 39.0 Å². The molecule has 2 rings (SSSR count). The summed E-state index contributed by atoms with van der Waals surface area (Å²) in [6.07, 6.45) is -0.679. The monoisotopic (exact) mass is 313 g/mol. The highest BCUT2D eigenvalue weighted by Gasteiger charge is 2.13. The van der Waals surface area contributed by atoms with Gasteiger partial charge in [0.15, 0.2) is 0 Å². The highest BCUT2D eigenvalue weighted by atomic mass is 16.5. The Hall–Kier alpha value is -2.33. The van der Waals surface area contributed by atoms with E-state index in [1.807, 2.05) is 68.4 Å². The molecule has 1 amide bonds. The second-order valence-corrected chi connectivity index (χ2v) is 5.68. The fraction of sp³-hybridized carbons (Fsp3) is 0.316. The van der Waals surface area contributed by atoms with Crippen LogP contribution >= 0.6 is 0 Å². The van der Waals surface area contributed by atoms with E-state index in [0.717, 1.165) is 16.9 Å². The van der Waals surface area contributed by atoms with Crippen molar-refractivity contribution in [2.24, 2.45) is 0 Å². The van der Waals surface area contributed by atoms with Crippen LogP contribution < -0.4 is 10.1 Å². The molecule has 122 valence electrons. The summed E-state index contributed by atoms with van der Waals surface area (Å²) in [5, 5.41) is 12.9. The highest BCUT2D eigenvalue weighted by molar-refractivity contribution is 5.76. The normalized spacial score (nSPS) is 12.0. The maximum atomic E-state index is 12.0. The molecule has 0 saturated heterocycles. The van der Waals surface area contributed by atoms with E-state index in [1.165, 1.54) is 0 Å². The number of rotatable bonds is 7. The third kappa shape index (κ3) is 5.42. The molecular formula is C19H23NO3. The minimum Gasteiger partial charge on any atom is -0.491 e. The second kappa shape index (κ2) is 8.34. The number of para-hydroxylation sites is 1. The van der Waals surface area contributed by atoms with E-state index in [1.54, 1.807) is 0 Å². The Morgan fingerprint density at radius 1 is 1.09 bits per heavy atom. The van der Waals surface area contributed by atoms with Crippen LogP contribution in [0.1, 0.15) is 37.5 Å². The van der Waals surface area contributed by atoms with Gasteiger partial charge in [0.1, 0.15) is 5.75 Å². The lowest BCUT2D eigenvalue weighted by atomic mass is 10.1. The van der Waals surface area contributed by atoms with Gasteiger partial charge < -0.3 is 15.2 Å². The van der Waals surface area contributed by atoms with Crippen LogP contribution in [0.4, 0.5) is 0 Å². The lowest BCUT2D eigenvalue weighted by Crippen LogP contribution is -2.25. The Labute approximate surface area is 137 Å². The molecule has 2 N–H and O–H groups in total. The molecule has 0 bridgehead atoms. The summed E-state index contributed by atoms with van der Waals surface area (Å²) in [6.45, 7) is 4.31. The lowest BCUT2D eigenvalue weighted by molar-refractivity contribution is -0.123. The first-order valence-corrected chi connectivity index (χ1v) is 7.80. The minimum absolute atomic E-state index is 0.0389. The molecule has 2 aromatic carbocycles. The topological polar surface area (TPSA) is 58.6 Å². The SMILES string of the molecule is CC(C)Oc1ccccc1CNC(=O)CC(O)c1ccccc1. The number of carbonyl (C=O) groups excluding carboxylic acids is 1. The number of hydrogen-bond acceptors (Lipinski definition) is 3. The van der Waals surface area contributed by atoms with Gasteiger partial charge in [-0.3, -0.25) is 4.79 Å². The van der Waals surface area contributed by atoms with Crippen molar-refractivity contribution in [3.05, 3.63) is 65.7 Å². The fourth-order valence-electron chi connectivity index (χ4n) is 2.25. The smallest absolute Gasteiger partial charge is 0.223 e. The molecule has 0 saturated carbocycles. The van der Waals surface area contributed by atoms with E-state index in [9.17, 15) is 9.90 Å². The molecule has 0 aliphatic carbocycles. The van der Waals surface area contributed by atoms with Crippen LogP contribution in [0.5, 0.6) is 5.75 Å². The number of aliphatic hydroxyl groups excluding tert-OH is 1. The van der Waals surface area contributed by atoms with Crippen molar-refractivity contribution >= 4 is 5.91 Å². The van der Waals surface area contributed by atoms with Crippen molar-refractivity contribution in [1.29, 1.82) is 0 Å². The van der Waals surface area contributed by atoms with Gasteiger partial charge >= 0.3 is 0 Å². The quantitative estimate of drug-likeness (QED) is 0.825. The largest absolute Gasteiger partial charge is 0.491 e. The minimum atomic E-state index is -0.793. The van der Waals surface area contributed by atoms with Crippen LogP contribution in [0.2, 0.25) is 0 Å². The lowest BCUT2D eigenvalue weighted by Gasteiger charge is -2.15. The van der Waals surface area contributed by atoms with Gasteiger partial charge in [0.05, 0.1) is 18.6 Å². The molecule has 23 heavy (non-hydrogen) atoms. The van der Waals surface area contributed by atoms with Gasteiger partial charge in [0.2, 0.25) is 5.91 Å². The molecule has 1 unspecified atom stereocenters. The maximum Gasteiger partial charge on any atom is 0.223 e. The summed E-state index contributed by atoms with van der Waals surface area (Å²) in [6, 6.07) is 16.8. The molecule has 4 heteroatoms. The predicted molar refractivity (Wildman–Crippen MR) is 90.1 cm³/mol. The van der Waals surface area contributed by atoms with Gasteiger partial charge in [-0.15, -0.1) is 0 Å². The number of nitrogens with one attached hydrogen (secondary N) is 1. The molecule has 1 atom stereocenters. The summed E-state index contributed by atoms with van der Waals surface area (Å²) < 4.78 is 5.73. The Balaban J connectivity index is 1.90. The van der Waals surface area contributed by atoms with Gasteiger partial charge in [-0.1, -0.05) is 48.5 Å². The number of benzene rings is 2. The average Bonchev–Trinajstić information content (AvgIpc) is 2.54. The van der Waals surface area contributed by atoms with Crippen LogP contribution in [0.15, 0.2) is 54.6 Å². The van der Waals surface area contributed by atoms with Crippen LogP contribution in [-0.4, -0.2) is 17.1 Å². The zero-order chi connectivity index (χ0) is 16.7. The summed E-state index contributed by atoms with van der Waals surface area (Å²) in [7, 11) is 0. The standard InChI is InChI=1S/C19H23NO3/c1-14(2)23-18-11-7-6-10-16(18)13-20-19(22)12-17(21)15-8-4-3-5-9-15/h3-11,14,17,21H,12-13H2,1-2H3,(H,20,22). The zero-order valence-electron chi connectivity index (χ0n) is 13.5. The van der Waals surface area contributed by atoms with Crippen LogP contribution in [0.25, 0.3) is 0 Å². The number of hydrogen-bond donors (Lipinski definition) is 2. The molecule has 0 aliphatic rings. The van der Waals surface area contributed by atoms with Crippen molar-refractivity contribution in [1.82, 2.24) is 5.32 Å². The van der Waals surface area contributed by atoms with E-state index < -0.39 is 6.10 Å². The third-order valence-electron chi connectivity index (χ3n) is 3.37. The van der Waals surface area contributed by atoms with Gasteiger partial charge in [-0.25, -0.2) is 0 Å². The number of amides is 1. The van der Waals surface area contributed by atoms with E-state index in [-0.39, 0.29) is 18.4 Å². The maximum absolute atomic E-state index is 12.0. The van der Waals surface area contributed by atoms with Crippen LogP contribution in [0, 0.1) is 0 Å². The van der Waals surface area contributed by atoms with E-state index in [4.69, 9.17) is 4.74 Å². The first-order chi connectivity index (χ1) is 11.1. The highest BCUT2D eigenvalue weighted by Crippen LogP contribution is 2.20. The van der Waals surface area contributed by atoms with Crippen molar-refractivity contribution in [2.75, 3.05) is 0 Å². The number of aliphatic hydroxyl groups is 1. The molecule has 4 nitrogen and oxygen atoms in total. The first-order valence-electron chi connectivity index (χ1n) is 7.80. The molecule has 0 spiro atoms. The molecule has 0 fully saturated rings. The summed E-state index contributed by atoms with van der Waals surface area (Å²) in [4.78, 5) is 12.0. The summed E-state index contributed by atoms with van der Waals surface area (Å²) >= 11 is 0. The van der Waals surface area contributed by atoms with Crippen LogP contribution in [0.3, 0.4) is 0 Å². The Morgan fingerprint density at radius 3 is 2.43 bits per heavy atom. The van der Waals surface area contributed by atoms with Gasteiger partial charge in [-0.2, -0.15) is 0 Å². The Bertz CT molecular complexity index is 626. The molecular weight excluding hydrogens is 290 g/mol. The van der Waals surface area contributed by atoms with E-state index in [2.05, 4.69) is 5.32 Å². The Kier molecular flexibility index (Phi) is 6.18. The van der Waals surface area contributed by atoms with Crippen molar-refractivity contribution in [3.63, 3.8) is 0 Å². The van der Waals surface area contributed by atoms with Gasteiger partial charge in [0.25, 0.3) is 0 Å². The van der Waals surface area contributed by atoms with Gasteiger partial charge in [-0.05, 0) is 25.5 Å². The molecule has 0 radical (unpaired) electrons. The fourth-order valence-corrected chi connectivity index (χ4v) is 2.25. The molecule has 0 aliphatic heterocycles. The molecule has 0 aromatic heterocycles. The molecule has 2 aromatic rings. The summed E-state index contributed by atoms with van der Waals surface area (Å²) in [5.74, 6) is 0.576.